The Hall–Kier alpha value is -0.730. The molecule has 0 aliphatic carbocycles. The number of phenols is 1. The fraction of sp³-hybridized carbons (Fsp3) is 0.538. The molecule has 1 aliphatic rings. The number of hydrogen-bond donors (Lipinski definition) is 2. The third kappa shape index (κ3) is 2.50. The Balaban J connectivity index is 2.16. The van der Waals surface area contributed by atoms with Crippen molar-refractivity contribution in [2.75, 3.05) is 13.1 Å². The van der Waals surface area contributed by atoms with E-state index in [2.05, 4.69) is 5.32 Å². The molecule has 2 nitrogen and oxygen atoms in total. The SMILES string of the molecule is Cc1c(Cl)ccc(O)c1CC1CCCNC1. The van der Waals surface area contributed by atoms with E-state index in [4.69, 9.17) is 11.6 Å². The maximum Gasteiger partial charge on any atom is 0.119 e. The van der Waals surface area contributed by atoms with Crippen LogP contribution in [0.5, 0.6) is 5.75 Å². The minimum absolute atomic E-state index is 0.382. The van der Waals surface area contributed by atoms with Crippen molar-refractivity contribution in [1.29, 1.82) is 0 Å². The molecular formula is C13H18ClNO. The zero-order valence-electron chi connectivity index (χ0n) is 9.59. The molecule has 1 aliphatic heterocycles. The van der Waals surface area contributed by atoms with Gasteiger partial charge in [-0.15, -0.1) is 0 Å². The minimum Gasteiger partial charge on any atom is -0.508 e. The largest absolute Gasteiger partial charge is 0.508 e. The molecule has 2 N–H and O–H groups in total. The van der Waals surface area contributed by atoms with Crippen molar-refractivity contribution in [1.82, 2.24) is 5.32 Å². The van der Waals surface area contributed by atoms with E-state index >= 15 is 0 Å². The summed E-state index contributed by atoms with van der Waals surface area (Å²) in [5.74, 6) is 1.00. The summed E-state index contributed by atoms with van der Waals surface area (Å²) in [6.07, 6.45) is 3.38. The first-order chi connectivity index (χ1) is 7.68. The van der Waals surface area contributed by atoms with Crippen LogP contribution >= 0.6 is 11.6 Å². The highest BCUT2D eigenvalue weighted by Crippen LogP contribution is 2.30. The van der Waals surface area contributed by atoms with Crippen molar-refractivity contribution in [3.63, 3.8) is 0 Å². The number of hydrogen-bond acceptors (Lipinski definition) is 2. The van der Waals surface area contributed by atoms with Crippen LogP contribution in [0.4, 0.5) is 0 Å². The van der Waals surface area contributed by atoms with E-state index in [1.54, 1.807) is 12.1 Å². The van der Waals surface area contributed by atoms with Crippen LogP contribution in [-0.2, 0) is 6.42 Å². The van der Waals surface area contributed by atoms with Crippen molar-refractivity contribution in [3.05, 3.63) is 28.3 Å². The Morgan fingerprint density at radius 1 is 1.50 bits per heavy atom. The summed E-state index contributed by atoms with van der Waals surface area (Å²) < 4.78 is 0. The molecule has 1 atom stereocenters. The summed E-state index contributed by atoms with van der Waals surface area (Å²) in [6.45, 7) is 4.15. The number of benzene rings is 1. The molecule has 88 valence electrons. The molecule has 1 fully saturated rings. The van der Waals surface area contributed by atoms with Crippen LogP contribution in [0.3, 0.4) is 0 Å². The summed E-state index contributed by atoms with van der Waals surface area (Å²) >= 11 is 6.08. The second-order valence-electron chi connectivity index (χ2n) is 4.59. The fourth-order valence-electron chi connectivity index (χ4n) is 2.36. The van der Waals surface area contributed by atoms with Gasteiger partial charge in [0.25, 0.3) is 0 Å². The average molecular weight is 240 g/mol. The number of rotatable bonds is 2. The standard InChI is InChI=1S/C13H18ClNO/c1-9-11(13(16)5-4-12(9)14)7-10-3-2-6-15-8-10/h4-5,10,15-16H,2-3,6-8H2,1H3. The first-order valence-corrected chi connectivity index (χ1v) is 6.24. The van der Waals surface area contributed by atoms with Gasteiger partial charge in [-0.05, 0) is 68.5 Å². The molecule has 0 aromatic heterocycles. The molecule has 0 radical (unpaired) electrons. The summed E-state index contributed by atoms with van der Waals surface area (Å²) in [6, 6.07) is 3.45. The maximum absolute atomic E-state index is 9.87. The quantitative estimate of drug-likeness (QED) is 0.832. The van der Waals surface area contributed by atoms with Gasteiger partial charge < -0.3 is 10.4 Å². The lowest BCUT2D eigenvalue weighted by molar-refractivity contribution is 0.369. The van der Waals surface area contributed by atoms with Crippen LogP contribution < -0.4 is 5.32 Å². The number of nitrogens with one attached hydrogen (secondary N) is 1. The molecule has 0 bridgehead atoms. The topological polar surface area (TPSA) is 32.3 Å². The van der Waals surface area contributed by atoms with Crippen molar-refractivity contribution in [3.8, 4) is 5.75 Å². The second kappa shape index (κ2) is 5.07. The third-order valence-corrected chi connectivity index (χ3v) is 3.81. The molecule has 3 heteroatoms. The lowest BCUT2D eigenvalue weighted by Crippen LogP contribution is -2.31. The zero-order valence-corrected chi connectivity index (χ0v) is 10.3. The fourth-order valence-corrected chi connectivity index (χ4v) is 2.54. The van der Waals surface area contributed by atoms with Gasteiger partial charge in [0, 0.05) is 5.02 Å². The van der Waals surface area contributed by atoms with Gasteiger partial charge in [-0.25, -0.2) is 0 Å². The molecular weight excluding hydrogens is 222 g/mol. The lowest BCUT2D eigenvalue weighted by atomic mass is 9.90. The van der Waals surface area contributed by atoms with Gasteiger partial charge in [0.2, 0.25) is 0 Å². The summed E-state index contributed by atoms with van der Waals surface area (Å²) in [5.41, 5.74) is 2.04. The van der Waals surface area contributed by atoms with Gasteiger partial charge in [0.15, 0.2) is 0 Å². The van der Waals surface area contributed by atoms with E-state index in [0.717, 1.165) is 35.7 Å². The number of aromatic hydroxyl groups is 1. The Morgan fingerprint density at radius 2 is 2.31 bits per heavy atom. The number of piperidine rings is 1. The van der Waals surface area contributed by atoms with Crippen LogP contribution in [-0.4, -0.2) is 18.2 Å². The van der Waals surface area contributed by atoms with E-state index < -0.39 is 0 Å². The molecule has 1 unspecified atom stereocenters. The molecule has 1 saturated heterocycles. The van der Waals surface area contributed by atoms with Gasteiger partial charge in [0.05, 0.1) is 0 Å². The molecule has 1 heterocycles. The number of halogens is 1. The third-order valence-electron chi connectivity index (χ3n) is 3.40. The predicted octanol–water partition coefficient (Wildman–Crippen LogP) is 2.90. The van der Waals surface area contributed by atoms with Crippen LogP contribution in [0.25, 0.3) is 0 Å². The number of phenolic OH excluding ortho intramolecular Hbond substituents is 1. The minimum atomic E-state index is 0.382. The lowest BCUT2D eigenvalue weighted by Gasteiger charge is -2.24. The summed E-state index contributed by atoms with van der Waals surface area (Å²) in [7, 11) is 0. The highest BCUT2D eigenvalue weighted by Gasteiger charge is 2.17. The smallest absolute Gasteiger partial charge is 0.119 e. The van der Waals surface area contributed by atoms with Crippen LogP contribution in [0, 0.1) is 12.8 Å². The van der Waals surface area contributed by atoms with Gasteiger partial charge in [-0.1, -0.05) is 11.6 Å². The van der Waals surface area contributed by atoms with E-state index in [0.29, 0.717) is 11.7 Å². The van der Waals surface area contributed by atoms with Crippen molar-refractivity contribution < 1.29 is 5.11 Å². The molecule has 0 spiro atoms. The first kappa shape index (κ1) is 11.7. The van der Waals surface area contributed by atoms with Crippen molar-refractivity contribution in [2.24, 2.45) is 5.92 Å². The molecule has 0 saturated carbocycles. The maximum atomic E-state index is 9.87. The van der Waals surface area contributed by atoms with Gasteiger partial charge in [0.1, 0.15) is 5.75 Å². The average Bonchev–Trinajstić information content (AvgIpc) is 2.31. The Morgan fingerprint density at radius 3 is 3.00 bits per heavy atom. The summed E-state index contributed by atoms with van der Waals surface area (Å²) in [5, 5.41) is 14.0. The molecule has 1 aromatic carbocycles. The van der Waals surface area contributed by atoms with Gasteiger partial charge >= 0.3 is 0 Å². The second-order valence-corrected chi connectivity index (χ2v) is 4.99. The van der Waals surface area contributed by atoms with Gasteiger partial charge in [-0.2, -0.15) is 0 Å². The van der Waals surface area contributed by atoms with Crippen LogP contribution in [0.2, 0.25) is 5.02 Å². The van der Waals surface area contributed by atoms with E-state index in [1.807, 2.05) is 6.92 Å². The highest BCUT2D eigenvalue weighted by molar-refractivity contribution is 6.31. The highest BCUT2D eigenvalue weighted by atomic mass is 35.5. The van der Waals surface area contributed by atoms with Crippen molar-refractivity contribution in [2.45, 2.75) is 26.2 Å². The Bertz CT molecular complexity index is 372. The normalized spacial score (nSPS) is 21.0. The molecule has 16 heavy (non-hydrogen) atoms. The van der Waals surface area contributed by atoms with Gasteiger partial charge in [-0.3, -0.25) is 0 Å². The molecule has 1 aromatic rings. The van der Waals surface area contributed by atoms with Crippen molar-refractivity contribution >= 4 is 11.6 Å². The molecule has 2 rings (SSSR count). The zero-order chi connectivity index (χ0) is 11.5. The van der Waals surface area contributed by atoms with E-state index in [-0.39, 0.29) is 0 Å². The van der Waals surface area contributed by atoms with Crippen LogP contribution in [0.15, 0.2) is 12.1 Å². The first-order valence-electron chi connectivity index (χ1n) is 5.86. The van der Waals surface area contributed by atoms with Crippen LogP contribution in [0.1, 0.15) is 24.0 Å². The molecule has 0 amide bonds. The Labute approximate surface area is 102 Å². The monoisotopic (exact) mass is 239 g/mol. The Kier molecular flexibility index (Phi) is 3.72. The predicted molar refractivity (Wildman–Crippen MR) is 67.2 cm³/mol. The van der Waals surface area contributed by atoms with E-state index in [9.17, 15) is 5.11 Å². The van der Waals surface area contributed by atoms with E-state index in [1.165, 1.54) is 12.8 Å². The summed E-state index contributed by atoms with van der Waals surface area (Å²) in [4.78, 5) is 0.